The molecule has 3 rings (SSSR count). The van der Waals surface area contributed by atoms with Gasteiger partial charge in [0.05, 0.1) is 5.69 Å². The standard InChI is InChI=1S/C14H15BrN2/c1-10-6-5-9-17-12(10)13(15)16-14(17)11-7-3-2-4-8-11/h2-4,7-8,10H,5-6,9H2,1H3. The van der Waals surface area contributed by atoms with Gasteiger partial charge in [0.15, 0.2) is 0 Å². The Hall–Kier alpha value is -1.09. The van der Waals surface area contributed by atoms with Crippen LogP contribution < -0.4 is 0 Å². The van der Waals surface area contributed by atoms with Crippen LogP contribution in [0.3, 0.4) is 0 Å². The molecule has 0 amide bonds. The molecule has 0 aliphatic carbocycles. The Balaban J connectivity index is 2.17. The average Bonchev–Trinajstić information content (AvgIpc) is 2.69. The van der Waals surface area contributed by atoms with Crippen molar-refractivity contribution < 1.29 is 0 Å². The number of aromatic nitrogens is 2. The number of hydrogen-bond acceptors (Lipinski definition) is 1. The first-order valence-corrected chi connectivity index (χ1v) is 6.88. The molecule has 2 heterocycles. The maximum atomic E-state index is 4.69. The van der Waals surface area contributed by atoms with Gasteiger partial charge in [-0.25, -0.2) is 4.98 Å². The first kappa shape index (κ1) is 11.0. The molecular formula is C14H15BrN2. The van der Waals surface area contributed by atoms with E-state index in [0.29, 0.717) is 5.92 Å². The summed E-state index contributed by atoms with van der Waals surface area (Å²) in [5.74, 6) is 1.70. The summed E-state index contributed by atoms with van der Waals surface area (Å²) in [7, 11) is 0. The molecule has 0 bridgehead atoms. The van der Waals surface area contributed by atoms with Crippen LogP contribution in [0, 0.1) is 0 Å². The lowest BCUT2D eigenvalue weighted by Crippen LogP contribution is -2.14. The van der Waals surface area contributed by atoms with Gasteiger partial charge in [-0.05, 0) is 34.7 Å². The highest BCUT2D eigenvalue weighted by Crippen LogP contribution is 2.36. The van der Waals surface area contributed by atoms with Crippen molar-refractivity contribution in [2.75, 3.05) is 0 Å². The van der Waals surface area contributed by atoms with E-state index >= 15 is 0 Å². The van der Waals surface area contributed by atoms with Crippen molar-refractivity contribution in [2.24, 2.45) is 0 Å². The Morgan fingerprint density at radius 1 is 1.29 bits per heavy atom. The van der Waals surface area contributed by atoms with E-state index in [1.54, 1.807) is 0 Å². The number of fused-ring (bicyclic) bond motifs is 1. The van der Waals surface area contributed by atoms with Crippen LogP contribution in [0.15, 0.2) is 34.9 Å². The summed E-state index contributed by atoms with van der Waals surface area (Å²) in [4.78, 5) is 4.69. The second-order valence-corrected chi connectivity index (χ2v) is 5.42. The van der Waals surface area contributed by atoms with Crippen molar-refractivity contribution in [3.8, 4) is 11.4 Å². The molecular weight excluding hydrogens is 276 g/mol. The number of nitrogens with zero attached hydrogens (tertiary/aromatic N) is 2. The molecule has 2 nitrogen and oxygen atoms in total. The Kier molecular flexibility index (Phi) is 2.79. The van der Waals surface area contributed by atoms with Crippen LogP contribution in [0.4, 0.5) is 0 Å². The van der Waals surface area contributed by atoms with Gasteiger partial charge in [-0.1, -0.05) is 37.3 Å². The normalized spacial score (nSPS) is 19.1. The number of imidazole rings is 1. The Labute approximate surface area is 110 Å². The monoisotopic (exact) mass is 290 g/mol. The Morgan fingerprint density at radius 2 is 2.06 bits per heavy atom. The lowest BCUT2D eigenvalue weighted by molar-refractivity contribution is 0.476. The van der Waals surface area contributed by atoms with Gasteiger partial charge in [-0.3, -0.25) is 0 Å². The van der Waals surface area contributed by atoms with Crippen LogP contribution in [-0.4, -0.2) is 9.55 Å². The minimum Gasteiger partial charge on any atom is -0.327 e. The van der Waals surface area contributed by atoms with E-state index in [-0.39, 0.29) is 0 Å². The van der Waals surface area contributed by atoms with E-state index in [9.17, 15) is 0 Å². The smallest absolute Gasteiger partial charge is 0.141 e. The summed E-state index contributed by atoms with van der Waals surface area (Å²) in [6.45, 7) is 3.37. The van der Waals surface area contributed by atoms with E-state index in [4.69, 9.17) is 4.98 Å². The summed E-state index contributed by atoms with van der Waals surface area (Å²) in [6, 6.07) is 10.4. The molecule has 1 aliphatic rings. The highest BCUT2D eigenvalue weighted by molar-refractivity contribution is 9.10. The highest BCUT2D eigenvalue weighted by Gasteiger charge is 2.24. The molecule has 1 unspecified atom stereocenters. The van der Waals surface area contributed by atoms with Gasteiger partial charge < -0.3 is 4.57 Å². The molecule has 1 aromatic heterocycles. The predicted molar refractivity (Wildman–Crippen MR) is 73.0 cm³/mol. The van der Waals surface area contributed by atoms with E-state index in [1.165, 1.54) is 24.1 Å². The van der Waals surface area contributed by atoms with Crippen molar-refractivity contribution >= 4 is 15.9 Å². The Bertz CT molecular complexity index is 531. The number of rotatable bonds is 1. The number of benzene rings is 1. The summed E-state index contributed by atoms with van der Waals surface area (Å²) in [5, 5.41) is 0. The van der Waals surface area contributed by atoms with Crippen LogP contribution in [0.2, 0.25) is 0 Å². The lowest BCUT2D eigenvalue weighted by atomic mass is 9.98. The van der Waals surface area contributed by atoms with E-state index in [0.717, 1.165) is 17.0 Å². The molecule has 0 saturated carbocycles. The minimum absolute atomic E-state index is 0.600. The largest absolute Gasteiger partial charge is 0.327 e. The first-order valence-electron chi connectivity index (χ1n) is 6.08. The van der Waals surface area contributed by atoms with Crippen LogP contribution >= 0.6 is 15.9 Å². The van der Waals surface area contributed by atoms with Gasteiger partial charge in [0.25, 0.3) is 0 Å². The van der Waals surface area contributed by atoms with E-state index in [1.807, 2.05) is 6.07 Å². The molecule has 1 atom stereocenters. The quantitative estimate of drug-likeness (QED) is 0.769. The molecule has 1 aliphatic heterocycles. The molecule has 2 aromatic rings. The molecule has 0 spiro atoms. The zero-order valence-electron chi connectivity index (χ0n) is 9.86. The number of hydrogen-bond donors (Lipinski definition) is 0. The van der Waals surface area contributed by atoms with Gasteiger partial charge in [0, 0.05) is 12.1 Å². The molecule has 1 aromatic carbocycles. The Morgan fingerprint density at radius 3 is 2.82 bits per heavy atom. The second kappa shape index (κ2) is 4.30. The third kappa shape index (κ3) is 1.82. The van der Waals surface area contributed by atoms with Crippen molar-refractivity contribution in [1.82, 2.24) is 9.55 Å². The van der Waals surface area contributed by atoms with Crippen molar-refractivity contribution in [3.05, 3.63) is 40.6 Å². The molecule has 0 fully saturated rings. The van der Waals surface area contributed by atoms with Crippen LogP contribution in [-0.2, 0) is 6.54 Å². The topological polar surface area (TPSA) is 17.8 Å². The van der Waals surface area contributed by atoms with Gasteiger partial charge in [0.1, 0.15) is 10.4 Å². The highest BCUT2D eigenvalue weighted by atomic mass is 79.9. The maximum absolute atomic E-state index is 4.69. The average molecular weight is 291 g/mol. The molecule has 88 valence electrons. The van der Waals surface area contributed by atoms with Crippen LogP contribution in [0.5, 0.6) is 0 Å². The van der Waals surface area contributed by atoms with Gasteiger partial charge in [0.2, 0.25) is 0 Å². The lowest BCUT2D eigenvalue weighted by Gasteiger charge is -2.22. The van der Waals surface area contributed by atoms with Crippen molar-refractivity contribution in [1.29, 1.82) is 0 Å². The molecule has 3 heteroatoms. The fourth-order valence-corrected chi connectivity index (χ4v) is 3.40. The third-order valence-corrected chi connectivity index (χ3v) is 4.06. The first-order chi connectivity index (χ1) is 8.27. The van der Waals surface area contributed by atoms with E-state index < -0.39 is 0 Å². The molecule has 0 saturated heterocycles. The fourth-order valence-electron chi connectivity index (χ4n) is 2.63. The summed E-state index contributed by atoms with van der Waals surface area (Å²) < 4.78 is 3.39. The van der Waals surface area contributed by atoms with Crippen molar-refractivity contribution in [3.63, 3.8) is 0 Å². The maximum Gasteiger partial charge on any atom is 0.141 e. The van der Waals surface area contributed by atoms with Crippen molar-refractivity contribution in [2.45, 2.75) is 32.2 Å². The molecule has 0 radical (unpaired) electrons. The summed E-state index contributed by atoms with van der Waals surface area (Å²) in [6.07, 6.45) is 2.51. The predicted octanol–water partition coefficient (Wildman–Crippen LogP) is 4.21. The zero-order chi connectivity index (χ0) is 11.8. The van der Waals surface area contributed by atoms with Gasteiger partial charge in [-0.15, -0.1) is 0 Å². The summed E-state index contributed by atoms with van der Waals surface area (Å²) >= 11 is 3.61. The van der Waals surface area contributed by atoms with Gasteiger partial charge >= 0.3 is 0 Å². The molecule has 17 heavy (non-hydrogen) atoms. The van der Waals surface area contributed by atoms with Gasteiger partial charge in [-0.2, -0.15) is 0 Å². The second-order valence-electron chi connectivity index (χ2n) is 4.67. The minimum atomic E-state index is 0.600. The van der Waals surface area contributed by atoms with Crippen LogP contribution in [0.25, 0.3) is 11.4 Å². The van der Waals surface area contributed by atoms with Crippen LogP contribution in [0.1, 0.15) is 31.4 Å². The fraction of sp³-hybridized carbons (Fsp3) is 0.357. The van der Waals surface area contributed by atoms with E-state index in [2.05, 4.69) is 51.7 Å². The molecule has 0 N–H and O–H groups in total. The summed E-state index contributed by atoms with van der Waals surface area (Å²) in [5.41, 5.74) is 2.56. The zero-order valence-corrected chi connectivity index (χ0v) is 11.4. The third-order valence-electron chi connectivity index (χ3n) is 3.48. The number of halogens is 1. The SMILES string of the molecule is CC1CCCn2c(-c3ccccc3)nc(Br)c21.